The van der Waals surface area contributed by atoms with Gasteiger partial charge < -0.3 is 16.4 Å². The first-order chi connectivity index (χ1) is 10.1. The molecule has 0 atom stereocenters. The van der Waals surface area contributed by atoms with Gasteiger partial charge in [-0.25, -0.2) is 0 Å². The van der Waals surface area contributed by atoms with Gasteiger partial charge in [0.1, 0.15) is 0 Å². The largest absolute Gasteiger partial charge is 0.384 e. The van der Waals surface area contributed by atoms with E-state index < -0.39 is 0 Å². The summed E-state index contributed by atoms with van der Waals surface area (Å²) in [5.74, 6) is -0.277. The average Bonchev–Trinajstić information content (AvgIpc) is 2.95. The van der Waals surface area contributed by atoms with Gasteiger partial charge in [-0.15, -0.1) is 0 Å². The van der Waals surface area contributed by atoms with Gasteiger partial charge >= 0.3 is 0 Å². The van der Waals surface area contributed by atoms with Crippen LogP contribution in [-0.2, 0) is 11.2 Å². The van der Waals surface area contributed by atoms with Crippen LogP contribution < -0.4 is 16.4 Å². The summed E-state index contributed by atoms with van der Waals surface area (Å²) in [5.41, 5.74) is 8.36. The molecule has 112 valence electrons. The van der Waals surface area contributed by atoms with E-state index in [1.54, 1.807) is 0 Å². The average molecular weight is 287 g/mol. The molecule has 3 rings (SSSR count). The molecule has 5 heteroatoms. The summed E-state index contributed by atoms with van der Waals surface area (Å²) >= 11 is 0. The van der Waals surface area contributed by atoms with Crippen molar-refractivity contribution in [3.05, 3.63) is 29.3 Å². The van der Waals surface area contributed by atoms with E-state index in [1.807, 2.05) is 18.2 Å². The fraction of sp³-hybridized carbons (Fsp3) is 0.500. The van der Waals surface area contributed by atoms with Gasteiger partial charge in [-0.05, 0) is 49.8 Å². The number of anilines is 1. The second-order valence-corrected chi connectivity index (χ2v) is 5.97. The molecule has 2 aliphatic rings. The molecule has 0 radical (unpaired) electrons. The molecule has 21 heavy (non-hydrogen) atoms. The van der Waals surface area contributed by atoms with Gasteiger partial charge in [0.15, 0.2) is 0 Å². The number of carbonyl (C=O) groups excluding carboxylic acids is 2. The van der Waals surface area contributed by atoms with E-state index in [4.69, 9.17) is 5.73 Å². The minimum Gasteiger partial charge on any atom is -0.384 e. The van der Waals surface area contributed by atoms with Gasteiger partial charge in [-0.3, -0.25) is 9.59 Å². The van der Waals surface area contributed by atoms with Gasteiger partial charge in [0, 0.05) is 29.8 Å². The van der Waals surface area contributed by atoms with Gasteiger partial charge in [0.2, 0.25) is 5.91 Å². The SMILES string of the molecule is NC(=O)C1CCC(NC(=O)c2ccc3c(c2)NCC3)CC1. The number of rotatable bonds is 3. The molecule has 0 spiro atoms. The van der Waals surface area contributed by atoms with Crippen LogP contribution in [0, 0.1) is 5.92 Å². The lowest BCUT2D eigenvalue weighted by Crippen LogP contribution is -2.39. The van der Waals surface area contributed by atoms with E-state index in [2.05, 4.69) is 10.6 Å². The lowest BCUT2D eigenvalue weighted by Gasteiger charge is -2.27. The highest BCUT2D eigenvalue weighted by atomic mass is 16.2. The third-order valence-electron chi connectivity index (χ3n) is 4.55. The third-order valence-corrected chi connectivity index (χ3v) is 4.55. The number of fused-ring (bicyclic) bond motifs is 1. The number of primary amides is 1. The summed E-state index contributed by atoms with van der Waals surface area (Å²) < 4.78 is 0. The van der Waals surface area contributed by atoms with Crippen LogP contribution in [0.3, 0.4) is 0 Å². The number of hydrogen-bond donors (Lipinski definition) is 3. The number of benzene rings is 1. The van der Waals surface area contributed by atoms with E-state index in [0.29, 0.717) is 5.56 Å². The Kier molecular flexibility index (Phi) is 3.82. The summed E-state index contributed by atoms with van der Waals surface area (Å²) in [6.07, 6.45) is 4.21. The summed E-state index contributed by atoms with van der Waals surface area (Å²) in [4.78, 5) is 23.4. The Bertz CT molecular complexity index is 563. The lowest BCUT2D eigenvalue weighted by molar-refractivity contribution is -0.122. The maximum absolute atomic E-state index is 12.3. The standard InChI is InChI=1S/C16H21N3O2/c17-15(20)11-3-5-13(6-4-11)19-16(21)12-2-1-10-7-8-18-14(10)9-12/h1-2,9,11,13,18H,3-8H2,(H2,17,20)(H,19,21). The molecule has 2 amide bonds. The van der Waals surface area contributed by atoms with Crippen LogP contribution in [0.4, 0.5) is 5.69 Å². The van der Waals surface area contributed by atoms with Crippen molar-refractivity contribution in [3.63, 3.8) is 0 Å². The predicted octanol–water partition coefficient (Wildman–Crippen LogP) is 1.43. The second-order valence-electron chi connectivity index (χ2n) is 5.97. The van der Waals surface area contributed by atoms with E-state index in [-0.39, 0.29) is 23.8 Å². The van der Waals surface area contributed by atoms with Crippen molar-refractivity contribution >= 4 is 17.5 Å². The normalized spacial score (nSPS) is 24.0. The Morgan fingerprint density at radius 1 is 1.19 bits per heavy atom. The van der Waals surface area contributed by atoms with Gasteiger partial charge in [-0.2, -0.15) is 0 Å². The molecule has 0 aromatic heterocycles. The highest BCUT2D eigenvalue weighted by Gasteiger charge is 2.26. The van der Waals surface area contributed by atoms with Gasteiger partial charge in [-0.1, -0.05) is 6.07 Å². The third kappa shape index (κ3) is 3.01. The van der Waals surface area contributed by atoms with Crippen LogP contribution in [0.25, 0.3) is 0 Å². The Hall–Kier alpha value is -2.04. The Morgan fingerprint density at radius 2 is 1.95 bits per heavy atom. The number of nitrogens with two attached hydrogens (primary N) is 1. The van der Waals surface area contributed by atoms with Crippen LogP contribution in [0.1, 0.15) is 41.6 Å². The van der Waals surface area contributed by atoms with E-state index >= 15 is 0 Å². The first-order valence-electron chi connectivity index (χ1n) is 7.60. The fourth-order valence-electron chi connectivity index (χ4n) is 3.22. The lowest BCUT2D eigenvalue weighted by atomic mass is 9.85. The van der Waals surface area contributed by atoms with Crippen molar-refractivity contribution in [2.75, 3.05) is 11.9 Å². The molecule has 1 heterocycles. The Balaban J connectivity index is 1.58. The van der Waals surface area contributed by atoms with Crippen molar-refractivity contribution in [3.8, 4) is 0 Å². The minimum absolute atomic E-state index is 0.0256. The molecule has 1 fully saturated rings. The van der Waals surface area contributed by atoms with Crippen LogP contribution >= 0.6 is 0 Å². The van der Waals surface area contributed by atoms with Crippen molar-refractivity contribution in [2.45, 2.75) is 38.1 Å². The summed E-state index contributed by atoms with van der Waals surface area (Å²) in [6.45, 7) is 0.942. The molecule has 0 unspecified atom stereocenters. The summed E-state index contributed by atoms with van der Waals surface area (Å²) in [6, 6.07) is 5.98. The van der Waals surface area contributed by atoms with Gasteiger partial charge in [0.25, 0.3) is 5.91 Å². The number of nitrogens with one attached hydrogen (secondary N) is 2. The zero-order valence-corrected chi connectivity index (χ0v) is 12.0. The molecule has 1 aromatic rings. The molecule has 1 aromatic carbocycles. The summed E-state index contributed by atoms with van der Waals surface area (Å²) in [7, 11) is 0. The smallest absolute Gasteiger partial charge is 0.251 e. The zero-order valence-electron chi connectivity index (χ0n) is 12.0. The molecule has 1 saturated carbocycles. The molecule has 4 N–H and O–H groups in total. The van der Waals surface area contributed by atoms with Crippen molar-refractivity contribution < 1.29 is 9.59 Å². The van der Waals surface area contributed by atoms with Crippen LogP contribution in [-0.4, -0.2) is 24.4 Å². The number of carbonyl (C=O) groups is 2. The molecule has 0 bridgehead atoms. The molecule has 1 aliphatic carbocycles. The number of amides is 2. The zero-order chi connectivity index (χ0) is 14.8. The van der Waals surface area contributed by atoms with Crippen LogP contribution in [0.5, 0.6) is 0 Å². The maximum atomic E-state index is 12.3. The molecule has 5 nitrogen and oxygen atoms in total. The van der Waals surface area contributed by atoms with Crippen molar-refractivity contribution in [1.82, 2.24) is 5.32 Å². The monoisotopic (exact) mass is 287 g/mol. The molecular weight excluding hydrogens is 266 g/mol. The molecule has 0 saturated heterocycles. The predicted molar refractivity (Wildman–Crippen MR) is 81.0 cm³/mol. The van der Waals surface area contributed by atoms with E-state index in [9.17, 15) is 9.59 Å². The Labute approximate surface area is 124 Å². The molecule has 1 aliphatic heterocycles. The van der Waals surface area contributed by atoms with E-state index in [0.717, 1.165) is 44.3 Å². The van der Waals surface area contributed by atoms with Crippen molar-refractivity contribution in [1.29, 1.82) is 0 Å². The van der Waals surface area contributed by atoms with Crippen molar-refractivity contribution in [2.24, 2.45) is 11.7 Å². The maximum Gasteiger partial charge on any atom is 0.251 e. The number of hydrogen-bond acceptors (Lipinski definition) is 3. The highest BCUT2D eigenvalue weighted by molar-refractivity contribution is 5.95. The fourth-order valence-corrected chi connectivity index (χ4v) is 3.22. The van der Waals surface area contributed by atoms with Crippen LogP contribution in [0.2, 0.25) is 0 Å². The molecular formula is C16H21N3O2. The highest BCUT2D eigenvalue weighted by Crippen LogP contribution is 2.25. The minimum atomic E-state index is -0.218. The van der Waals surface area contributed by atoms with Gasteiger partial charge in [0.05, 0.1) is 0 Å². The quantitative estimate of drug-likeness (QED) is 0.786. The van der Waals surface area contributed by atoms with Crippen LogP contribution in [0.15, 0.2) is 18.2 Å². The second kappa shape index (κ2) is 5.76. The first kappa shape index (κ1) is 13.9. The first-order valence-corrected chi connectivity index (χ1v) is 7.60. The Morgan fingerprint density at radius 3 is 2.67 bits per heavy atom. The topological polar surface area (TPSA) is 84.2 Å². The summed E-state index contributed by atoms with van der Waals surface area (Å²) in [5, 5.41) is 6.35. The van der Waals surface area contributed by atoms with E-state index in [1.165, 1.54) is 5.56 Å².